The fraction of sp³-hybridized carbons (Fsp3) is 0.273. The Hall–Kier alpha value is -2.54. The average molecular weight is 448 g/mol. The van der Waals surface area contributed by atoms with E-state index in [2.05, 4.69) is 5.32 Å². The summed E-state index contributed by atoms with van der Waals surface area (Å²) >= 11 is 12.0. The van der Waals surface area contributed by atoms with Gasteiger partial charge in [-0.25, -0.2) is 0 Å². The third-order valence-electron chi connectivity index (χ3n) is 4.58. The Bertz CT molecular complexity index is 992. The van der Waals surface area contributed by atoms with Crippen molar-refractivity contribution < 1.29 is 14.3 Å². The second-order valence-electron chi connectivity index (χ2n) is 7.22. The summed E-state index contributed by atoms with van der Waals surface area (Å²) in [5, 5.41) is 3.79. The molecule has 1 unspecified atom stereocenters. The third kappa shape index (κ3) is 5.33. The van der Waals surface area contributed by atoms with Crippen molar-refractivity contribution in [2.24, 2.45) is 0 Å². The van der Waals surface area contributed by atoms with Gasteiger partial charge in [0.05, 0.1) is 5.69 Å². The largest absolute Gasteiger partial charge is 0.479 e. The lowest BCUT2D eigenvalue weighted by molar-refractivity contribution is -0.125. The molecule has 2 aromatic carbocycles. The monoisotopic (exact) mass is 447 g/mol. The number of nitrogens with zero attached hydrogens (tertiary/aromatic N) is 2. The number of likely N-dealkylation sites (N-methyl/N-ethyl adjacent to an activating group) is 1. The number of hydrogen-bond acceptors (Lipinski definition) is 4. The van der Waals surface area contributed by atoms with Crippen LogP contribution in [0.15, 0.2) is 42.5 Å². The summed E-state index contributed by atoms with van der Waals surface area (Å²) in [6.07, 6.45) is 2.43. The molecule has 6 nitrogen and oxygen atoms in total. The SMILES string of the molecule is CC1Oc2cc(NC(=O)/C=C/c3ccc(Cl)cc3Cl)ccc2N(CCN(C)C)C1=O. The number of hydrogen-bond donors (Lipinski definition) is 1. The Labute approximate surface area is 186 Å². The van der Waals surface area contributed by atoms with Crippen molar-refractivity contribution in [1.82, 2.24) is 4.90 Å². The highest BCUT2D eigenvalue weighted by atomic mass is 35.5. The summed E-state index contributed by atoms with van der Waals surface area (Å²) in [5.74, 6) is 0.164. The van der Waals surface area contributed by atoms with Gasteiger partial charge >= 0.3 is 0 Å². The van der Waals surface area contributed by atoms with E-state index in [0.717, 1.165) is 6.54 Å². The van der Waals surface area contributed by atoms with Crippen LogP contribution in [0.2, 0.25) is 10.0 Å². The molecule has 158 valence electrons. The van der Waals surface area contributed by atoms with Crippen LogP contribution in [0, 0.1) is 0 Å². The van der Waals surface area contributed by atoms with Crippen LogP contribution in [0.4, 0.5) is 11.4 Å². The van der Waals surface area contributed by atoms with Crippen LogP contribution in [0.1, 0.15) is 12.5 Å². The Morgan fingerprint density at radius 1 is 1.23 bits per heavy atom. The number of carbonyl (C=O) groups excluding carboxylic acids is 2. The molecule has 0 aromatic heterocycles. The number of benzene rings is 2. The highest BCUT2D eigenvalue weighted by molar-refractivity contribution is 6.35. The summed E-state index contributed by atoms with van der Waals surface area (Å²) in [5.41, 5.74) is 1.95. The number of carbonyl (C=O) groups is 2. The van der Waals surface area contributed by atoms with Gasteiger partial charge in [0.1, 0.15) is 5.75 Å². The van der Waals surface area contributed by atoms with Gasteiger partial charge in [0.2, 0.25) is 5.91 Å². The molecule has 0 spiro atoms. The molecule has 8 heteroatoms. The highest BCUT2D eigenvalue weighted by Gasteiger charge is 2.31. The molecule has 0 saturated heterocycles. The smallest absolute Gasteiger partial charge is 0.267 e. The number of anilines is 2. The highest BCUT2D eigenvalue weighted by Crippen LogP contribution is 2.36. The second-order valence-corrected chi connectivity index (χ2v) is 8.07. The number of rotatable bonds is 6. The van der Waals surface area contributed by atoms with Gasteiger partial charge in [0.25, 0.3) is 5.91 Å². The Balaban J connectivity index is 1.74. The van der Waals surface area contributed by atoms with Gasteiger partial charge in [-0.2, -0.15) is 0 Å². The molecule has 0 fully saturated rings. The van der Waals surface area contributed by atoms with E-state index in [-0.39, 0.29) is 11.8 Å². The molecule has 0 saturated carbocycles. The van der Waals surface area contributed by atoms with Crippen LogP contribution >= 0.6 is 23.2 Å². The molecule has 0 aliphatic carbocycles. The lowest BCUT2D eigenvalue weighted by Crippen LogP contribution is -2.46. The minimum absolute atomic E-state index is 0.0797. The van der Waals surface area contributed by atoms with E-state index in [1.807, 2.05) is 19.0 Å². The van der Waals surface area contributed by atoms with Gasteiger partial charge in [0.15, 0.2) is 6.10 Å². The number of nitrogens with one attached hydrogen (secondary N) is 1. The third-order valence-corrected chi connectivity index (χ3v) is 5.15. The van der Waals surface area contributed by atoms with Gasteiger partial charge < -0.3 is 19.9 Å². The standard InChI is InChI=1S/C22H23Cl2N3O3/c1-14-22(29)27(11-10-26(2)3)19-8-7-17(13-20(19)30-14)25-21(28)9-5-15-4-6-16(23)12-18(15)24/h4-9,12-14H,10-11H2,1-3H3,(H,25,28)/b9-5+. The molecule has 30 heavy (non-hydrogen) atoms. The van der Waals surface area contributed by atoms with E-state index in [4.69, 9.17) is 27.9 Å². The first-order valence-corrected chi connectivity index (χ1v) is 10.2. The average Bonchev–Trinajstić information content (AvgIpc) is 2.67. The van der Waals surface area contributed by atoms with Crippen molar-refractivity contribution in [3.63, 3.8) is 0 Å². The first-order chi connectivity index (χ1) is 14.2. The van der Waals surface area contributed by atoms with E-state index in [0.29, 0.717) is 39.3 Å². The fourth-order valence-electron chi connectivity index (χ4n) is 3.01. The van der Waals surface area contributed by atoms with E-state index in [1.54, 1.807) is 54.3 Å². The maximum absolute atomic E-state index is 12.5. The summed E-state index contributed by atoms with van der Waals surface area (Å²) in [7, 11) is 3.91. The first kappa shape index (κ1) is 22.2. The van der Waals surface area contributed by atoms with Crippen LogP contribution in [0.3, 0.4) is 0 Å². The first-order valence-electron chi connectivity index (χ1n) is 9.45. The summed E-state index contributed by atoms with van der Waals surface area (Å²) in [6, 6.07) is 10.3. The predicted molar refractivity (Wildman–Crippen MR) is 122 cm³/mol. The summed E-state index contributed by atoms with van der Waals surface area (Å²) in [4.78, 5) is 28.6. The van der Waals surface area contributed by atoms with E-state index < -0.39 is 6.10 Å². The fourth-order valence-corrected chi connectivity index (χ4v) is 3.48. The Morgan fingerprint density at radius 3 is 2.70 bits per heavy atom. The molecule has 3 rings (SSSR count). The van der Waals surface area contributed by atoms with Crippen molar-refractivity contribution in [2.45, 2.75) is 13.0 Å². The number of ether oxygens (including phenoxy) is 1. The second kappa shape index (κ2) is 9.51. The molecule has 1 aliphatic rings. The zero-order valence-corrected chi connectivity index (χ0v) is 18.5. The molecule has 1 aliphatic heterocycles. The number of amides is 2. The molecular formula is C22H23Cl2N3O3. The zero-order chi connectivity index (χ0) is 21.8. The predicted octanol–water partition coefficient (Wildman–Crippen LogP) is 4.32. The molecule has 0 radical (unpaired) electrons. The van der Waals surface area contributed by atoms with Crippen molar-refractivity contribution in [1.29, 1.82) is 0 Å². The maximum Gasteiger partial charge on any atom is 0.267 e. The minimum Gasteiger partial charge on any atom is -0.479 e. The molecule has 2 aromatic rings. The Morgan fingerprint density at radius 2 is 2.00 bits per heavy atom. The van der Waals surface area contributed by atoms with E-state index in [1.165, 1.54) is 6.08 Å². The molecule has 1 atom stereocenters. The van der Waals surface area contributed by atoms with Crippen LogP contribution in [0.5, 0.6) is 5.75 Å². The normalized spacial score (nSPS) is 16.0. The Kier molecular flexibility index (Phi) is 7.02. The lowest BCUT2D eigenvalue weighted by Gasteiger charge is -2.34. The van der Waals surface area contributed by atoms with E-state index >= 15 is 0 Å². The number of halogens is 2. The maximum atomic E-state index is 12.5. The lowest BCUT2D eigenvalue weighted by atomic mass is 10.1. The van der Waals surface area contributed by atoms with Gasteiger partial charge in [0, 0.05) is 41.0 Å². The van der Waals surface area contributed by atoms with Crippen molar-refractivity contribution >= 4 is 52.5 Å². The molecule has 0 bridgehead atoms. The zero-order valence-electron chi connectivity index (χ0n) is 17.0. The van der Waals surface area contributed by atoms with Gasteiger partial charge in [-0.15, -0.1) is 0 Å². The molecule has 2 amide bonds. The number of fused-ring (bicyclic) bond motifs is 1. The molecular weight excluding hydrogens is 425 g/mol. The molecule has 1 N–H and O–H groups in total. The molecule has 1 heterocycles. The van der Waals surface area contributed by atoms with Crippen molar-refractivity contribution in [2.75, 3.05) is 37.4 Å². The topological polar surface area (TPSA) is 61.9 Å². The minimum atomic E-state index is -0.586. The van der Waals surface area contributed by atoms with Gasteiger partial charge in [-0.1, -0.05) is 29.3 Å². The summed E-state index contributed by atoms with van der Waals surface area (Å²) in [6.45, 7) is 3.01. The van der Waals surface area contributed by atoms with Crippen LogP contribution in [-0.4, -0.2) is 50.0 Å². The van der Waals surface area contributed by atoms with Gasteiger partial charge in [-0.05, 0) is 56.9 Å². The van der Waals surface area contributed by atoms with Crippen LogP contribution in [-0.2, 0) is 9.59 Å². The van der Waals surface area contributed by atoms with Crippen molar-refractivity contribution in [3.8, 4) is 5.75 Å². The van der Waals surface area contributed by atoms with Crippen molar-refractivity contribution in [3.05, 3.63) is 58.1 Å². The van der Waals surface area contributed by atoms with E-state index in [9.17, 15) is 9.59 Å². The van der Waals surface area contributed by atoms with Crippen LogP contribution in [0.25, 0.3) is 6.08 Å². The van der Waals surface area contributed by atoms with Crippen LogP contribution < -0.4 is 15.0 Å². The summed E-state index contributed by atoms with van der Waals surface area (Å²) < 4.78 is 5.76. The quantitative estimate of drug-likeness (QED) is 0.669. The van der Waals surface area contributed by atoms with Gasteiger partial charge in [-0.3, -0.25) is 9.59 Å².